The van der Waals surface area contributed by atoms with Crippen molar-refractivity contribution in [1.29, 1.82) is 0 Å². The maximum Gasteiger partial charge on any atom is 0.262 e. The van der Waals surface area contributed by atoms with Crippen LogP contribution >= 0.6 is 0 Å². The van der Waals surface area contributed by atoms with Crippen LogP contribution in [0.25, 0.3) is 0 Å². The fraction of sp³-hybridized carbons (Fsp3) is 0.400. The largest absolute Gasteiger partial charge is 0.497 e. The lowest BCUT2D eigenvalue weighted by atomic mass is 9.88. The quantitative estimate of drug-likeness (QED) is 0.476. The molecule has 3 atom stereocenters. The van der Waals surface area contributed by atoms with Crippen LogP contribution in [0, 0.1) is 0 Å². The van der Waals surface area contributed by atoms with E-state index in [4.69, 9.17) is 18.9 Å². The number of fused-ring (bicyclic) bond motifs is 1. The van der Waals surface area contributed by atoms with Gasteiger partial charge in [0, 0.05) is 18.2 Å². The van der Waals surface area contributed by atoms with Gasteiger partial charge in [-0.1, -0.05) is 12.1 Å². The van der Waals surface area contributed by atoms with Gasteiger partial charge in [0.1, 0.15) is 23.6 Å². The number of methoxy groups -OCH3 is 2. The minimum absolute atomic E-state index is 0.219. The summed E-state index contributed by atoms with van der Waals surface area (Å²) < 4.78 is 22.6. The maximum absolute atomic E-state index is 13.5. The van der Waals surface area contributed by atoms with Crippen molar-refractivity contribution in [2.45, 2.75) is 44.4 Å². The van der Waals surface area contributed by atoms with Gasteiger partial charge in [-0.2, -0.15) is 0 Å². The molecule has 9 nitrogen and oxygen atoms in total. The average molecular weight is 466 g/mol. The zero-order valence-electron chi connectivity index (χ0n) is 19.4. The normalized spacial score (nSPS) is 25.4. The summed E-state index contributed by atoms with van der Waals surface area (Å²) >= 11 is 0. The van der Waals surface area contributed by atoms with Crippen molar-refractivity contribution in [1.82, 2.24) is 9.80 Å². The van der Waals surface area contributed by atoms with Crippen LogP contribution in [0.5, 0.6) is 11.5 Å². The van der Waals surface area contributed by atoms with E-state index in [0.717, 1.165) is 10.5 Å². The number of hydrogen-bond acceptors (Lipinski definition) is 7. The molecular formula is C25H26N2O7. The second kappa shape index (κ2) is 8.11. The van der Waals surface area contributed by atoms with Gasteiger partial charge in [-0.15, -0.1) is 0 Å². The highest BCUT2D eigenvalue weighted by atomic mass is 16.7. The Morgan fingerprint density at radius 3 is 2.24 bits per heavy atom. The van der Waals surface area contributed by atoms with Crippen molar-refractivity contribution in [3.8, 4) is 11.5 Å². The zero-order valence-corrected chi connectivity index (χ0v) is 19.4. The molecule has 34 heavy (non-hydrogen) atoms. The average Bonchev–Trinajstić information content (AvgIpc) is 3.31. The lowest BCUT2D eigenvalue weighted by Crippen LogP contribution is -2.74. The summed E-state index contributed by atoms with van der Waals surface area (Å²) in [6.45, 7) is 4.04. The summed E-state index contributed by atoms with van der Waals surface area (Å²) in [7, 11) is 3.11. The van der Waals surface area contributed by atoms with Crippen molar-refractivity contribution in [2.24, 2.45) is 0 Å². The summed E-state index contributed by atoms with van der Waals surface area (Å²) in [6.07, 6.45) is -0.508. The Bertz CT molecular complexity index is 1140. The first-order valence-electron chi connectivity index (χ1n) is 11.1. The number of β-lactam (4-membered cyclic amide) rings is 1. The van der Waals surface area contributed by atoms with Crippen LogP contribution < -0.4 is 9.47 Å². The van der Waals surface area contributed by atoms with E-state index < -0.39 is 35.8 Å². The Hall–Kier alpha value is -3.43. The van der Waals surface area contributed by atoms with Gasteiger partial charge >= 0.3 is 0 Å². The number of carbonyl (C=O) groups is 3. The molecule has 2 fully saturated rings. The SMILES string of the molecule is COc1ccc(CN2C(=O)[C@@H](N3C(=O)c4ccccc4C3=O)[C@H]2[C@@H]2COC(C)(C)O2)c(OC)c1. The number of amides is 3. The summed E-state index contributed by atoms with van der Waals surface area (Å²) in [5, 5.41) is 0. The van der Waals surface area contributed by atoms with Crippen molar-refractivity contribution >= 4 is 17.7 Å². The molecule has 0 aromatic heterocycles. The summed E-state index contributed by atoms with van der Waals surface area (Å²) in [6, 6.07) is 10.4. The first-order chi connectivity index (χ1) is 16.3. The van der Waals surface area contributed by atoms with E-state index in [2.05, 4.69) is 0 Å². The van der Waals surface area contributed by atoms with E-state index in [9.17, 15) is 14.4 Å². The van der Waals surface area contributed by atoms with Crippen molar-refractivity contribution < 1.29 is 33.3 Å². The van der Waals surface area contributed by atoms with Gasteiger partial charge in [-0.25, -0.2) is 0 Å². The molecule has 3 aliphatic heterocycles. The van der Waals surface area contributed by atoms with E-state index in [1.807, 2.05) is 6.07 Å². The summed E-state index contributed by atoms with van der Waals surface area (Å²) in [5.41, 5.74) is 1.37. The smallest absolute Gasteiger partial charge is 0.262 e. The van der Waals surface area contributed by atoms with E-state index in [-0.39, 0.29) is 19.1 Å². The predicted octanol–water partition coefficient (Wildman–Crippen LogP) is 2.23. The van der Waals surface area contributed by atoms with Crippen molar-refractivity contribution in [3.63, 3.8) is 0 Å². The molecule has 3 heterocycles. The third kappa shape index (κ3) is 3.43. The summed E-state index contributed by atoms with van der Waals surface area (Å²) in [4.78, 5) is 42.4. The molecule has 2 saturated heterocycles. The minimum atomic E-state index is -0.973. The molecule has 0 saturated carbocycles. The molecule has 5 rings (SSSR count). The Kier molecular flexibility index (Phi) is 5.33. The highest BCUT2D eigenvalue weighted by Crippen LogP contribution is 2.40. The monoisotopic (exact) mass is 466 g/mol. The lowest BCUT2D eigenvalue weighted by Gasteiger charge is -2.51. The van der Waals surface area contributed by atoms with Gasteiger partial charge in [0.05, 0.1) is 38.0 Å². The molecule has 0 N–H and O–H groups in total. The molecule has 0 radical (unpaired) electrons. The number of likely N-dealkylation sites (tertiary alicyclic amines) is 1. The molecule has 178 valence electrons. The number of ether oxygens (including phenoxy) is 4. The van der Waals surface area contributed by atoms with E-state index in [1.54, 1.807) is 69.4 Å². The highest BCUT2D eigenvalue weighted by molar-refractivity contribution is 6.23. The Labute approximate surface area is 197 Å². The summed E-state index contributed by atoms with van der Waals surface area (Å²) in [5.74, 6) is -0.901. The van der Waals surface area contributed by atoms with Gasteiger partial charge < -0.3 is 23.8 Å². The van der Waals surface area contributed by atoms with Gasteiger partial charge in [-0.05, 0) is 38.1 Å². The number of benzene rings is 2. The first-order valence-corrected chi connectivity index (χ1v) is 11.1. The number of hydrogen-bond donors (Lipinski definition) is 0. The van der Waals surface area contributed by atoms with Gasteiger partial charge in [-0.3, -0.25) is 19.3 Å². The van der Waals surface area contributed by atoms with Gasteiger partial charge in [0.2, 0.25) is 5.91 Å². The van der Waals surface area contributed by atoms with Crippen LogP contribution in [0.3, 0.4) is 0 Å². The van der Waals surface area contributed by atoms with Crippen molar-refractivity contribution in [2.75, 3.05) is 20.8 Å². The number of carbonyl (C=O) groups excluding carboxylic acids is 3. The zero-order chi connectivity index (χ0) is 24.2. The first kappa shape index (κ1) is 22.4. The molecule has 2 aromatic carbocycles. The molecule has 0 spiro atoms. The van der Waals surface area contributed by atoms with E-state index in [0.29, 0.717) is 22.6 Å². The minimum Gasteiger partial charge on any atom is -0.497 e. The number of nitrogens with zero attached hydrogens (tertiary/aromatic N) is 2. The van der Waals surface area contributed by atoms with Gasteiger partial charge in [0.15, 0.2) is 5.79 Å². The van der Waals surface area contributed by atoms with Crippen LogP contribution in [0.1, 0.15) is 40.1 Å². The number of rotatable bonds is 6. The van der Waals surface area contributed by atoms with Crippen LogP contribution in [-0.2, 0) is 20.8 Å². The molecular weight excluding hydrogens is 440 g/mol. The second-order valence-electron chi connectivity index (χ2n) is 8.97. The molecule has 2 aromatic rings. The van der Waals surface area contributed by atoms with E-state index >= 15 is 0 Å². The fourth-order valence-corrected chi connectivity index (χ4v) is 4.91. The van der Waals surface area contributed by atoms with Gasteiger partial charge in [0.25, 0.3) is 11.8 Å². The Balaban J connectivity index is 1.48. The molecule has 0 bridgehead atoms. The van der Waals surface area contributed by atoms with Crippen LogP contribution in [0.15, 0.2) is 42.5 Å². The Morgan fingerprint density at radius 1 is 1.00 bits per heavy atom. The Morgan fingerprint density at radius 2 is 1.68 bits per heavy atom. The highest BCUT2D eigenvalue weighted by Gasteiger charge is 2.60. The third-order valence-corrected chi connectivity index (χ3v) is 6.57. The standard InChI is InChI=1S/C25H26N2O7/c1-25(2)33-13-19(34-25)20-21(27-22(28)16-7-5-6-8-17(16)23(27)29)24(30)26(20)12-14-9-10-15(31-3)11-18(14)32-4/h5-11,19-21H,12-13H2,1-4H3/t19-,20+,21-/m0/s1. The third-order valence-electron chi connectivity index (χ3n) is 6.57. The maximum atomic E-state index is 13.5. The topological polar surface area (TPSA) is 94.6 Å². The molecule has 3 aliphatic rings. The molecule has 0 unspecified atom stereocenters. The van der Waals surface area contributed by atoms with E-state index in [1.165, 1.54) is 0 Å². The molecule has 0 aliphatic carbocycles. The molecule has 3 amide bonds. The van der Waals surface area contributed by atoms with Crippen LogP contribution in [-0.4, -0.2) is 72.3 Å². The van der Waals surface area contributed by atoms with Crippen LogP contribution in [0.4, 0.5) is 0 Å². The molecule has 9 heteroatoms. The number of imide groups is 1. The lowest BCUT2D eigenvalue weighted by molar-refractivity contribution is -0.179. The second-order valence-corrected chi connectivity index (χ2v) is 8.97. The van der Waals surface area contributed by atoms with Crippen LogP contribution in [0.2, 0.25) is 0 Å². The fourth-order valence-electron chi connectivity index (χ4n) is 4.91. The van der Waals surface area contributed by atoms with Crippen molar-refractivity contribution in [3.05, 3.63) is 59.2 Å². The predicted molar refractivity (Wildman–Crippen MR) is 120 cm³/mol.